The molecule has 1 aromatic carbocycles. The van der Waals surface area contributed by atoms with Crippen molar-refractivity contribution >= 4 is 23.3 Å². The molecule has 1 fully saturated rings. The largest absolute Gasteiger partial charge is 0.383 e. The van der Waals surface area contributed by atoms with Gasteiger partial charge in [0.2, 0.25) is 11.8 Å². The number of hydrogen-bond acceptors (Lipinski definition) is 5. The quantitative estimate of drug-likeness (QED) is 0.702. The van der Waals surface area contributed by atoms with Gasteiger partial charge in [-0.25, -0.2) is 4.79 Å². The fourth-order valence-corrected chi connectivity index (χ4v) is 4.12. The van der Waals surface area contributed by atoms with Crippen LogP contribution in [0.3, 0.4) is 0 Å². The van der Waals surface area contributed by atoms with Crippen molar-refractivity contribution in [3.8, 4) is 0 Å². The van der Waals surface area contributed by atoms with Gasteiger partial charge in [-0.05, 0) is 25.3 Å². The van der Waals surface area contributed by atoms with Crippen LogP contribution in [0, 0.1) is 11.8 Å². The van der Waals surface area contributed by atoms with Crippen molar-refractivity contribution in [2.45, 2.75) is 40.2 Å². The first-order chi connectivity index (χ1) is 15.2. The number of amides is 2. The Balaban J connectivity index is 1.86. The van der Waals surface area contributed by atoms with E-state index in [-0.39, 0.29) is 48.2 Å². The summed E-state index contributed by atoms with van der Waals surface area (Å²) in [6.07, 6.45) is 1.05. The molecule has 3 N–H and O–H groups in total. The van der Waals surface area contributed by atoms with Crippen molar-refractivity contribution in [3.05, 3.63) is 56.7 Å². The van der Waals surface area contributed by atoms with Crippen molar-refractivity contribution in [1.82, 2.24) is 14.5 Å². The molecule has 0 saturated carbocycles. The van der Waals surface area contributed by atoms with Gasteiger partial charge in [-0.3, -0.25) is 23.9 Å². The molecule has 1 aliphatic heterocycles. The molecule has 9 heteroatoms. The van der Waals surface area contributed by atoms with E-state index in [9.17, 15) is 19.2 Å². The van der Waals surface area contributed by atoms with E-state index >= 15 is 0 Å². The van der Waals surface area contributed by atoms with E-state index in [1.807, 2.05) is 44.2 Å². The molecule has 3 rings (SSSR count). The number of rotatable bonds is 6. The number of carbonyl (C=O) groups excluding carboxylic acids is 2. The van der Waals surface area contributed by atoms with Crippen LogP contribution < -0.4 is 21.9 Å². The van der Waals surface area contributed by atoms with Gasteiger partial charge < -0.3 is 15.5 Å². The zero-order valence-electron chi connectivity index (χ0n) is 18.8. The number of piperidine rings is 1. The monoisotopic (exact) mass is 441 g/mol. The number of nitrogens with zero attached hydrogens (tertiary/aromatic N) is 3. The number of aromatic nitrogens is 2. The van der Waals surface area contributed by atoms with Crippen molar-refractivity contribution in [2.75, 3.05) is 30.3 Å². The average molecular weight is 442 g/mol. The first-order valence-corrected chi connectivity index (χ1v) is 11.0. The Kier molecular flexibility index (Phi) is 7.17. The molecule has 0 unspecified atom stereocenters. The Morgan fingerprint density at radius 2 is 1.78 bits per heavy atom. The van der Waals surface area contributed by atoms with Crippen LogP contribution in [0.5, 0.6) is 0 Å². The van der Waals surface area contributed by atoms with Crippen molar-refractivity contribution in [1.29, 1.82) is 0 Å². The van der Waals surface area contributed by atoms with Gasteiger partial charge in [0.15, 0.2) is 5.69 Å². The Morgan fingerprint density at radius 3 is 2.34 bits per heavy atom. The number of hydrogen-bond donors (Lipinski definition) is 2. The maximum Gasteiger partial charge on any atom is 0.330 e. The Morgan fingerprint density at radius 1 is 1.16 bits per heavy atom. The normalized spacial score (nSPS) is 14.6. The molecule has 2 heterocycles. The van der Waals surface area contributed by atoms with Crippen LogP contribution in [0.4, 0.5) is 11.5 Å². The minimum Gasteiger partial charge on any atom is -0.383 e. The van der Waals surface area contributed by atoms with E-state index in [1.165, 1.54) is 9.47 Å². The van der Waals surface area contributed by atoms with Gasteiger partial charge in [0.25, 0.3) is 5.56 Å². The molecule has 0 aliphatic carbocycles. The van der Waals surface area contributed by atoms with E-state index < -0.39 is 11.2 Å². The zero-order valence-corrected chi connectivity index (χ0v) is 18.8. The molecule has 1 aromatic heterocycles. The van der Waals surface area contributed by atoms with Gasteiger partial charge in [0.05, 0.1) is 6.54 Å². The van der Waals surface area contributed by atoms with Crippen LogP contribution in [0.15, 0.2) is 39.9 Å². The highest BCUT2D eigenvalue weighted by Crippen LogP contribution is 2.25. The van der Waals surface area contributed by atoms with E-state index in [0.29, 0.717) is 25.9 Å². The van der Waals surface area contributed by atoms with E-state index in [0.717, 1.165) is 5.56 Å². The fourth-order valence-electron chi connectivity index (χ4n) is 4.12. The third-order valence-corrected chi connectivity index (χ3v) is 5.90. The number of anilines is 2. The highest BCUT2D eigenvalue weighted by Gasteiger charge is 2.33. The number of nitrogens with two attached hydrogens (primary N) is 1. The molecule has 172 valence electrons. The summed E-state index contributed by atoms with van der Waals surface area (Å²) in [6, 6.07) is 9.27. The fraction of sp³-hybridized carbons (Fsp3) is 0.478. The topological polar surface area (TPSA) is 121 Å². The Hall–Kier alpha value is -3.36. The zero-order chi connectivity index (χ0) is 23.4. The van der Waals surface area contributed by atoms with Gasteiger partial charge in [-0.15, -0.1) is 0 Å². The van der Waals surface area contributed by atoms with Gasteiger partial charge in [0, 0.05) is 31.5 Å². The summed E-state index contributed by atoms with van der Waals surface area (Å²) in [6.45, 7) is 6.91. The first kappa shape index (κ1) is 23.3. The molecule has 0 spiro atoms. The van der Waals surface area contributed by atoms with Crippen molar-refractivity contribution in [3.63, 3.8) is 0 Å². The van der Waals surface area contributed by atoms with E-state index in [2.05, 4.69) is 4.98 Å². The van der Waals surface area contributed by atoms with Crippen LogP contribution >= 0.6 is 0 Å². The molecule has 9 nitrogen and oxygen atoms in total. The van der Waals surface area contributed by atoms with Gasteiger partial charge >= 0.3 is 5.69 Å². The molecule has 2 amide bonds. The lowest BCUT2D eigenvalue weighted by Crippen LogP contribution is -2.47. The molecule has 1 aliphatic rings. The number of benzene rings is 1. The SMILES string of the molecule is CCN(C(=O)C1CCN(C(=O)C(C)C)CC1)c1c(N)n(Cc2ccccc2)c(=O)[nH]c1=O. The van der Waals surface area contributed by atoms with Crippen LogP contribution in [0.1, 0.15) is 39.2 Å². The number of likely N-dealkylation sites (tertiary alicyclic amines) is 1. The predicted molar refractivity (Wildman–Crippen MR) is 123 cm³/mol. The van der Waals surface area contributed by atoms with Gasteiger partial charge in [-0.1, -0.05) is 44.2 Å². The Labute approximate surface area is 186 Å². The minimum absolute atomic E-state index is 0.00582. The van der Waals surface area contributed by atoms with E-state index in [1.54, 1.807) is 11.8 Å². The van der Waals surface area contributed by atoms with Crippen LogP contribution in [-0.4, -0.2) is 45.9 Å². The maximum absolute atomic E-state index is 13.3. The number of aromatic amines is 1. The number of nitrogen functional groups attached to an aromatic ring is 1. The van der Waals surface area contributed by atoms with Gasteiger partial charge in [-0.2, -0.15) is 0 Å². The maximum atomic E-state index is 13.3. The Bertz CT molecular complexity index is 1080. The summed E-state index contributed by atoms with van der Waals surface area (Å²) in [5, 5.41) is 0. The summed E-state index contributed by atoms with van der Waals surface area (Å²) < 4.78 is 1.27. The van der Waals surface area contributed by atoms with Crippen LogP contribution in [0.2, 0.25) is 0 Å². The average Bonchev–Trinajstić information content (AvgIpc) is 2.79. The molecule has 1 saturated heterocycles. The summed E-state index contributed by atoms with van der Waals surface area (Å²) in [5.74, 6) is -0.578. The third-order valence-electron chi connectivity index (χ3n) is 5.90. The highest BCUT2D eigenvalue weighted by molar-refractivity contribution is 5.97. The number of carbonyl (C=O) groups is 2. The molecule has 0 bridgehead atoms. The molecule has 0 radical (unpaired) electrons. The molecule has 2 aromatic rings. The lowest BCUT2D eigenvalue weighted by molar-refractivity contribution is -0.137. The van der Waals surface area contributed by atoms with Crippen LogP contribution in [-0.2, 0) is 16.1 Å². The second kappa shape index (κ2) is 9.84. The molecular formula is C23H31N5O4. The standard InChI is InChI=1S/C23H31N5O4/c1-4-27(22(31)17-10-12-26(13-11-17)21(30)15(2)3)18-19(24)28(23(32)25-20(18)29)14-16-8-6-5-7-9-16/h5-9,15,17H,4,10-14,24H2,1-3H3,(H,25,29,32). The molecular weight excluding hydrogens is 410 g/mol. The second-order valence-corrected chi connectivity index (χ2v) is 8.40. The number of nitrogens with one attached hydrogen (secondary N) is 1. The summed E-state index contributed by atoms with van der Waals surface area (Å²) in [5.41, 5.74) is 5.80. The molecule has 0 atom stereocenters. The van der Waals surface area contributed by atoms with Crippen LogP contribution in [0.25, 0.3) is 0 Å². The number of H-pyrrole nitrogens is 1. The second-order valence-electron chi connectivity index (χ2n) is 8.40. The van der Waals surface area contributed by atoms with Crippen molar-refractivity contribution in [2.24, 2.45) is 11.8 Å². The van der Waals surface area contributed by atoms with Crippen molar-refractivity contribution < 1.29 is 9.59 Å². The summed E-state index contributed by atoms with van der Waals surface area (Å²) in [7, 11) is 0. The van der Waals surface area contributed by atoms with Gasteiger partial charge in [0.1, 0.15) is 5.82 Å². The first-order valence-electron chi connectivity index (χ1n) is 11.0. The molecule has 32 heavy (non-hydrogen) atoms. The van der Waals surface area contributed by atoms with E-state index in [4.69, 9.17) is 5.73 Å². The highest BCUT2D eigenvalue weighted by atomic mass is 16.2. The lowest BCUT2D eigenvalue weighted by atomic mass is 9.94. The smallest absolute Gasteiger partial charge is 0.330 e. The summed E-state index contributed by atoms with van der Waals surface area (Å²) in [4.78, 5) is 56.1. The predicted octanol–water partition coefficient (Wildman–Crippen LogP) is 1.41. The minimum atomic E-state index is -0.681. The summed E-state index contributed by atoms with van der Waals surface area (Å²) >= 11 is 0. The lowest BCUT2D eigenvalue weighted by Gasteiger charge is -2.34. The third kappa shape index (κ3) is 4.76.